The zero-order valence-corrected chi connectivity index (χ0v) is 28.3. The smallest absolute Gasteiger partial charge is 0.164 e. The topological polar surface area (TPSA) is 38.7 Å². The molecule has 0 radical (unpaired) electrons. The van der Waals surface area contributed by atoms with Gasteiger partial charge in [-0.3, -0.25) is 0 Å². The van der Waals surface area contributed by atoms with E-state index < -0.39 is 0 Å². The summed E-state index contributed by atoms with van der Waals surface area (Å²) >= 11 is 1.86. The van der Waals surface area contributed by atoms with E-state index in [1.54, 1.807) is 0 Å². The fourth-order valence-electron chi connectivity index (χ4n) is 7.27. The van der Waals surface area contributed by atoms with Crippen molar-refractivity contribution in [2.75, 3.05) is 0 Å². The first-order valence-electron chi connectivity index (χ1n) is 17.1. The van der Waals surface area contributed by atoms with Gasteiger partial charge in [-0.25, -0.2) is 15.0 Å². The summed E-state index contributed by atoms with van der Waals surface area (Å²) in [5, 5.41) is 7.35. The van der Waals surface area contributed by atoms with E-state index in [0.717, 1.165) is 27.5 Å². The lowest BCUT2D eigenvalue weighted by Crippen LogP contribution is -2.00. The lowest BCUT2D eigenvalue weighted by atomic mass is 9.90. The van der Waals surface area contributed by atoms with Crippen molar-refractivity contribution in [2.45, 2.75) is 0 Å². The summed E-state index contributed by atoms with van der Waals surface area (Å²) in [4.78, 5) is 15.1. The third-order valence-electron chi connectivity index (χ3n) is 9.71. The number of aromatic nitrogens is 3. The molecule has 3 nitrogen and oxygen atoms in total. The molecule has 10 rings (SSSR count). The van der Waals surface area contributed by atoms with Crippen LogP contribution in [0.15, 0.2) is 176 Å². The number of benzene rings is 8. The number of nitrogens with zero attached hydrogens (tertiary/aromatic N) is 3. The zero-order valence-electron chi connectivity index (χ0n) is 27.5. The molecule has 2 heterocycles. The van der Waals surface area contributed by atoms with E-state index in [0.29, 0.717) is 17.5 Å². The molecule has 238 valence electrons. The van der Waals surface area contributed by atoms with Crippen LogP contribution in [-0.2, 0) is 0 Å². The van der Waals surface area contributed by atoms with E-state index in [1.807, 2.05) is 72.0 Å². The molecule has 0 aliphatic carbocycles. The Hall–Kier alpha value is -6.49. The Morgan fingerprint density at radius 3 is 1.61 bits per heavy atom. The molecule has 4 heteroatoms. The Labute approximate surface area is 299 Å². The monoisotopic (exact) mass is 667 g/mol. The van der Waals surface area contributed by atoms with Gasteiger partial charge in [0, 0.05) is 36.9 Å². The summed E-state index contributed by atoms with van der Waals surface area (Å²) in [6.45, 7) is 0. The predicted octanol–water partition coefficient (Wildman–Crippen LogP) is 12.9. The highest BCUT2D eigenvalue weighted by Gasteiger charge is 2.18. The molecule has 2 aromatic heterocycles. The van der Waals surface area contributed by atoms with Crippen molar-refractivity contribution >= 4 is 53.1 Å². The first-order chi connectivity index (χ1) is 25.3. The van der Waals surface area contributed by atoms with Crippen LogP contribution in [0.5, 0.6) is 0 Å². The molecule has 0 saturated carbocycles. The molecule has 0 fully saturated rings. The maximum atomic E-state index is 5.08. The fourth-order valence-corrected chi connectivity index (χ4v) is 8.44. The van der Waals surface area contributed by atoms with Crippen LogP contribution in [0.2, 0.25) is 0 Å². The van der Waals surface area contributed by atoms with Gasteiger partial charge in [-0.2, -0.15) is 0 Å². The van der Waals surface area contributed by atoms with Gasteiger partial charge in [0.15, 0.2) is 17.5 Å². The molecule has 51 heavy (non-hydrogen) atoms. The van der Waals surface area contributed by atoms with Gasteiger partial charge in [-0.05, 0) is 74.1 Å². The second-order valence-corrected chi connectivity index (χ2v) is 13.9. The molecule has 0 spiro atoms. The van der Waals surface area contributed by atoms with Crippen LogP contribution in [-0.4, -0.2) is 15.0 Å². The minimum Gasteiger partial charge on any atom is -0.208 e. The normalized spacial score (nSPS) is 11.5. The first kappa shape index (κ1) is 29.4. The highest BCUT2D eigenvalue weighted by Crippen LogP contribution is 2.45. The van der Waals surface area contributed by atoms with Gasteiger partial charge in [-0.1, -0.05) is 146 Å². The van der Waals surface area contributed by atoms with Crippen molar-refractivity contribution in [3.63, 3.8) is 0 Å². The molecule has 0 aliphatic heterocycles. The molecular formula is C47H29N3S. The molecule has 0 saturated heterocycles. The van der Waals surface area contributed by atoms with Gasteiger partial charge >= 0.3 is 0 Å². The van der Waals surface area contributed by atoms with Crippen LogP contribution in [0.25, 0.3) is 98.1 Å². The second-order valence-electron chi connectivity index (χ2n) is 12.8. The number of rotatable bonds is 5. The van der Waals surface area contributed by atoms with E-state index in [-0.39, 0.29) is 0 Å². The Balaban J connectivity index is 1.20. The lowest BCUT2D eigenvalue weighted by molar-refractivity contribution is 1.08. The van der Waals surface area contributed by atoms with Gasteiger partial charge in [-0.15, -0.1) is 11.3 Å². The Bertz CT molecular complexity index is 2860. The number of thiophene rings is 1. The van der Waals surface area contributed by atoms with E-state index in [2.05, 4.69) is 115 Å². The van der Waals surface area contributed by atoms with Crippen molar-refractivity contribution in [1.82, 2.24) is 15.0 Å². The van der Waals surface area contributed by atoms with E-state index in [1.165, 1.54) is 53.2 Å². The van der Waals surface area contributed by atoms with Crippen LogP contribution in [0.1, 0.15) is 0 Å². The largest absolute Gasteiger partial charge is 0.208 e. The van der Waals surface area contributed by atoms with Gasteiger partial charge in [0.2, 0.25) is 0 Å². The van der Waals surface area contributed by atoms with Crippen molar-refractivity contribution in [3.8, 4) is 56.4 Å². The summed E-state index contributed by atoms with van der Waals surface area (Å²) in [6, 6.07) is 62.3. The Morgan fingerprint density at radius 2 is 0.882 bits per heavy atom. The quantitative estimate of drug-likeness (QED) is 0.183. The molecular weight excluding hydrogens is 639 g/mol. The highest BCUT2D eigenvalue weighted by molar-refractivity contribution is 7.26. The zero-order chi connectivity index (χ0) is 33.7. The third-order valence-corrected chi connectivity index (χ3v) is 10.8. The van der Waals surface area contributed by atoms with Crippen molar-refractivity contribution in [1.29, 1.82) is 0 Å². The summed E-state index contributed by atoms with van der Waals surface area (Å²) in [5.74, 6) is 1.97. The standard InChI is InChI=1S/C47H29N3S/c1-3-14-31(15-4-1)45-48-46(32-16-5-2-6-17-32)50-47(49-45)39-26-25-36(37-19-9-10-20-38(37)39)35-28-41(34-24-23-30-13-7-8-18-33(30)27-34)44-40-21-11-12-22-42(40)51-43(44)29-35/h1-29H. The number of hydrogen-bond donors (Lipinski definition) is 0. The lowest BCUT2D eigenvalue weighted by Gasteiger charge is -2.15. The number of fused-ring (bicyclic) bond motifs is 5. The van der Waals surface area contributed by atoms with E-state index in [4.69, 9.17) is 15.0 Å². The van der Waals surface area contributed by atoms with Crippen LogP contribution >= 0.6 is 11.3 Å². The van der Waals surface area contributed by atoms with Crippen LogP contribution in [0, 0.1) is 0 Å². The Kier molecular flexibility index (Phi) is 7.00. The maximum absolute atomic E-state index is 5.08. The minimum absolute atomic E-state index is 0.655. The van der Waals surface area contributed by atoms with Gasteiger partial charge in [0.25, 0.3) is 0 Å². The molecule has 0 amide bonds. The summed E-state index contributed by atoms with van der Waals surface area (Å²) in [6.07, 6.45) is 0. The predicted molar refractivity (Wildman–Crippen MR) is 215 cm³/mol. The maximum Gasteiger partial charge on any atom is 0.164 e. The Morgan fingerprint density at radius 1 is 0.314 bits per heavy atom. The fraction of sp³-hybridized carbons (Fsp3) is 0. The second kappa shape index (κ2) is 12.1. The molecule has 0 bridgehead atoms. The average Bonchev–Trinajstić information content (AvgIpc) is 3.59. The van der Waals surface area contributed by atoms with Crippen molar-refractivity contribution < 1.29 is 0 Å². The van der Waals surface area contributed by atoms with Crippen molar-refractivity contribution in [3.05, 3.63) is 176 Å². The molecule has 8 aromatic carbocycles. The van der Waals surface area contributed by atoms with Crippen LogP contribution in [0.3, 0.4) is 0 Å². The van der Waals surface area contributed by atoms with Gasteiger partial charge < -0.3 is 0 Å². The van der Waals surface area contributed by atoms with Gasteiger partial charge in [0.05, 0.1) is 0 Å². The third kappa shape index (κ3) is 5.16. The van der Waals surface area contributed by atoms with Crippen LogP contribution in [0.4, 0.5) is 0 Å². The highest BCUT2D eigenvalue weighted by atomic mass is 32.1. The van der Waals surface area contributed by atoms with Crippen LogP contribution < -0.4 is 0 Å². The minimum atomic E-state index is 0.655. The van der Waals surface area contributed by atoms with Gasteiger partial charge in [0.1, 0.15) is 0 Å². The summed E-state index contributed by atoms with van der Waals surface area (Å²) in [5.41, 5.74) is 7.72. The molecule has 10 aromatic rings. The molecule has 0 atom stereocenters. The average molecular weight is 668 g/mol. The molecule has 0 unspecified atom stereocenters. The number of hydrogen-bond acceptors (Lipinski definition) is 4. The SMILES string of the molecule is c1ccc(-c2nc(-c3ccccc3)nc(-c3ccc(-c4cc(-c5ccc6ccccc6c5)c5c(c4)sc4ccccc45)c4ccccc34)n2)cc1. The molecule has 0 aliphatic rings. The van der Waals surface area contributed by atoms with Crippen molar-refractivity contribution in [2.24, 2.45) is 0 Å². The summed E-state index contributed by atoms with van der Waals surface area (Å²) < 4.78 is 2.58. The first-order valence-corrected chi connectivity index (χ1v) is 17.9. The van der Waals surface area contributed by atoms with E-state index in [9.17, 15) is 0 Å². The van der Waals surface area contributed by atoms with E-state index >= 15 is 0 Å². The molecule has 0 N–H and O–H groups in total. The summed E-state index contributed by atoms with van der Waals surface area (Å²) in [7, 11) is 0.